The van der Waals surface area contributed by atoms with Crippen molar-refractivity contribution in [3.8, 4) is 0 Å². The lowest BCUT2D eigenvalue weighted by Crippen LogP contribution is -2.30. The molecule has 0 radical (unpaired) electrons. The van der Waals surface area contributed by atoms with Crippen LogP contribution in [0.1, 0.15) is 303 Å². The minimum Gasteiger partial charge on any atom is -0.462 e. The lowest BCUT2D eigenvalue weighted by atomic mass is 10.0. The van der Waals surface area contributed by atoms with Gasteiger partial charge in [0.05, 0.1) is 0 Å². The number of ether oxygens (including phenoxy) is 3. The van der Waals surface area contributed by atoms with Gasteiger partial charge in [0.15, 0.2) is 6.10 Å². The number of carbonyl (C=O) groups excluding carboxylic acids is 3. The van der Waals surface area contributed by atoms with Gasteiger partial charge in [-0.05, 0) is 122 Å². The molecule has 0 aliphatic heterocycles. The minimum absolute atomic E-state index is 0.0901. The third kappa shape index (κ3) is 66.2. The molecular weight excluding hydrogens is 997 g/mol. The van der Waals surface area contributed by atoms with Gasteiger partial charge in [0.1, 0.15) is 13.2 Å². The van der Waals surface area contributed by atoms with Crippen molar-refractivity contribution in [3.05, 3.63) is 134 Å². The lowest BCUT2D eigenvalue weighted by Gasteiger charge is -2.18. The van der Waals surface area contributed by atoms with Gasteiger partial charge in [-0.3, -0.25) is 14.4 Å². The lowest BCUT2D eigenvalue weighted by molar-refractivity contribution is -0.167. The van der Waals surface area contributed by atoms with Crippen molar-refractivity contribution >= 4 is 17.9 Å². The third-order valence-corrected chi connectivity index (χ3v) is 14.1. The average molecular weight is 1120 g/mol. The van der Waals surface area contributed by atoms with Gasteiger partial charge in [0, 0.05) is 19.3 Å². The molecule has 1 unspecified atom stereocenters. The molecule has 6 nitrogen and oxygen atoms in total. The molecule has 0 N–H and O–H groups in total. The molecule has 0 bridgehead atoms. The number of hydrogen-bond acceptors (Lipinski definition) is 6. The Morgan fingerprint density at radius 1 is 0.259 bits per heavy atom. The van der Waals surface area contributed by atoms with Crippen LogP contribution in [-0.2, 0) is 28.6 Å². The van der Waals surface area contributed by atoms with E-state index in [4.69, 9.17) is 14.2 Å². The van der Waals surface area contributed by atoms with E-state index in [1.165, 1.54) is 103 Å². The fourth-order valence-corrected chi connectivity index (χ4v) is 9.11. The molecule has 0 aromatic carbocycles. The zero-order valence-electron chi connectivity index (χ0n) is 52.8. The van der Waals surface area contributed by atoms with E-state index < -0.39 is 6.10 Å². The first-order chi connectivity index (χ1) is 40.0. The van der Waals surface area contributed by atoms with Crippen LogP contribution in [0.4, 0.5) is 0 Å². The number of esters is 3. The summed E-state index contributed by atoms with van der Waals surface area (Å²) in [7, 11) is 0. The van der Waals surface area contributed by atoms with E-state index in [0.717, 1.165) is 161 Å². The number of allylic oxidation sites excluding steroid dienone is 22. The van der Waals surface area contributed by atoms with Gasteiger partial charge < -0.3 is 14.2 Å². The van der Waals surface area contributed by atoms with Crippen LogP contribution in [0.3, 0.4) is 0 Å². The second kappa shape index (κ2) is 68.1. The maximum Gasteiger partial charge on any atom is 0.306 e. The Morgan fingerprint density at radius 3 is 0.778 bits per heavy atom. The van der Waals surface area contributed by atoms with Gasteiger partial charge in [-0.25, -0.2) is 0 Å². The van der Waals surface area contributed by atoms with Crippen molar-refractivity contribution in [3.63, 3.8) is 0 Å². The predicted octanol–water partition coefficient (Wildman–Crippen LogP) is 23.3. The van der Waals surface area contributed by atoms with Crippen LogP contribution in [0.25, 0.3) is 0 Å². The molecule has 0 fully saturated rings. The molecule has 460 valence electrons. The molecule has 0 spiro atoms. The molecule has 0 heterocycles. The number of rotatable bonds is 60. The van der Waals surface area contributed by atoms with Crippen LogP contribution in [0.15, 0.2) is 134 Å². The van der Waals surface area contributed by atoms with Gasteiger partial charge in [0.2, 0.25) is 0 Å². The monoisotopic (exact) mass is 1120 g/mol. The van der Waals surface area contributed by atoms with Crippen molar-refractivity contribution in [2.75, 3.05) is 13.2 Å². The molecule has 0 aliphatic carbocycles. The molecule has 0 saturated heterocycles. The summed E-state index contributed by atoms with van der Waals surface area (Å²) in [5.74, 6) is -0.918. The first kappa shape index (κ1) is 76.5. The molecule has 0 rings (SSSR count). The molecule has 0 saturated carbocycles. The predicted molar refractivity (Wildman–Crippen MR) is 353 cm³/mol. The Hall–Kier alpha value is -4.45. The number of carbonyl (C=O) groups is 3. The highest BCUT2D eigenvalue weighted by molar-refractivity contribution is 5.71. The Labute approximate surface area is 500 Å². The maximum atomic E-state index is 12.9. The zero-order valence-corrected chi connectivity index (χ0v) is 52.8. The second-order valence-corrected chi connectivity index (χ2v) is 22.0. The van der Waals surface area contributed by atoms with Crippen LogP contribution < -0.4 is 0 Å². The third-order valence-electron chi connectivity index (χ3n) is 14.1. The highest BCUT2D eigenvalue weighted by atomic mass is 16.6. The Kier molecular flexibility index (Phi) is 64.3. The van der Waals surface area contributed by atoms with E-state index in [-0.39, 0.29) is 31.1 Å². The fraction of sp³-hybridized carbons (Fsp3) is 0.667. The molecule has 1 atom stereocenters. The van der Waals surface area contributed by atoms with Gasteiger partial charge in [0.25, 0.3) is 0 Å². The molecule has 81 heavy (non-hydrogen) atoms. The number of hydrogen-bond donors (Lipinski definition) is 0. The highest BCUT2D eigenvalue weighted by Crippen LogP contribution is 2.16. The second-order valence-electron chi connectivity index (χ2n) is 22.0. The molecule has 0 aliphatic rings. The minimum atomic E-state index is -0.797. The summed E-state index contributed by atoms with van der Waals surface area (Å²) in [5, 5.41) is 0. The van der Waals surface area contributed by atoms with Crippen molar-refractivity contribution in [1.82, 2.24) is 0 Å². The molecule has 0 aromatic rings. The Bertz CT molecular complexity index is 1720. The van der Waals surface area contributed by atoms with Crippen molar-refractivity contribution in [1.29, 1.82) is 0 Å². The van der Waals surface area contributed by atoms with E-state index in [1.807, 2.05) is 0 Å². The van der Waals surface area contributed by atoms with E-state index in [9.17, 15) is 14.4 Å². The molecule has 6 heteroatoms. The maximum absolute atomic E-state index is 12.9. The quantitative estimate of drug-likeness (QED) is 0.0261. The summed E-state index contributed by atoms with van der Waals surface area (Å²) >= 11 is 0. The SMILES string of the molecule is CC/C=C\C/C=C\C/C=C\C/C=C\C/C=C\C/C=C\C/C=C\C/C=C\C/C=C\CCCCCCCC(=O)OCC(COC(=O)CCCCCCCCCCCCCCCCC)OC(=O)CCCCCCC/C=C\C/C=C\CCCCC. The van der Waals surface area contributed by atoms with Gasteiger partial charge in [-0.1, -0.05) is 296 Å². The van der Waals surface area contributed by atoms with Crippen LogP contribution in [0.5, 0.6) is 0 Å². The van der Waals surface area contributed by atoms with Crippen LogP contribution in [-0.4, -0.2) is 37.2 Å². The first-order valence-corrected chi connectivity index (χ1v) is 33.7. The Balaban J connectivity index is 4.34. The largest absolute Gasteiger partial charge is 0.462 e. The van der Waals surface area contributed by atoms with Crippen LogP contribution in [0, 0.1) is 0 Å². The summed E-state index contributed by atoms with van der Waals surface area (Å²) in [6.07, 6.45) is 96.0. The van der Waals surface area contributed by atoms with Gasteiger partial charge >= 0.3 is 17.9 Å². The topological polar surface area (TPSA) is 78.9 Å². The van der Waals surface area contributed by atoms with Crippen LogP contribution >= 0.6 is 0 Å². The van der Waals surface area contributed by atoms with E-state index in [0.29, 0.717) is 19.3 Å². The summed E-state index contributed by atoms with van der Waals surface area (Å²) in [6.45, 7) is 6.49. The molecule has 0 amide bonds. The van der Waals surface area contributed by atoms with E-state index >= 15 is 0 Å². The van der Waals surface area contributed by atoms with Crippen molar-refractivity contribution in [2.45, 2.75) is 309 Å². The highest BCUT2D eigenvalue weighted by Gasteiger charge is 2.19. The summed E-state index contributed by atoms with van der Waals surface area (Å²) in [6, 6.07) is 0. The van der Waals surface area contributed by atoms with Gasteiger partial charge in [-0.15, -0.1) is 0 Å². The van der Waals surface area contributed by atoms with E-state index in [1.54, 1.807) is 0 Å². The number of unbranched alkanes of at least 4 members (excludes halogenated alkanes) is 27. The Morgan fingerprint density at radius 2 is 0.481 bits per heavy atom. The normalized spacial score (nSPS) is 13.0. The van der Waals surface area contributed by atoms with Gasteiger partial charge in [-0.2, -0.15) is 0 Å². The molecule has 0 aromatic heterocycles. The smallest absolute Gasteiger partial charge is 0.306 e. The molecular formula is C75H124O6. The van der Waals surface area contributed by atoms with Crippen molar-refractivity contribution < 1.29 is 28.6 Å². The standard InChI is InChI=1S/C75H124O6/c1-4-7-10-13-16-19-22-25-28-29-30-31-32-33-34-35-36-37-38-39-40-41-42-43-44-45-48-50-53-56-59-62-65-68-74(77)80-71-72(81-75(78)69-66-63-60-57-54-51-47-27-24-21-18-15-12-9-6-3)70-79-73(76)67-64-61-58-55-52-49-46-26-23-20-17-14-11-8-5-2/h7,10,16,18-19,21,25,27-28,30-31,33-34,36-37,39-40,42-43,45,47-48,72H,4-6,8-9,11-15,17,20,22-24,26,29,32,35,38,41,44,46,49-71H2,1-3H3/b10-7-,19-16-,21-18-,28-25-,31-30-,34-33-,37-36-,40-39-,43-42-,47-27-,48-45-. The summed E-state index contributed by atoms with van der Waals surface area (Å²) in [4.78, 5) is 38.3. The fourth-order valence-electron chi connectivity index (χ4n) is 9.11. The first-order valence-electron chi connectivity index (χ1n) is 33.7. The van der Waals surface area contributed by atoms with E-state index in [2.05, 4.69) is 154 Å². The average Bonchev–Trinajstić information content (AvgIpc) is 3.47. The zero-order chi connectivity index (χ0) is 58.5. The summed E-state index contributed by atoms with van der Waals surface area (Å²) in [5.41, 5.74) is 0. The van der Waals surface area contributed by atoms with Crippen LogP contribution in [0.2, 0.25) is 0 Å². The van der Waals surface area contributed by atoms with Crippen molar-refractivity contribution in [2.24, 2.45) is 0 Å². The summed E-state index contributed by atoms with van der Waals surface area (Å²) < 4.78 is 16.9.